The van der Waals surface area contributed by atoms with Crippen LogP contribution in [0.25, 0.3) is 11.8 Å². The first-order chi connectivity index (χ1) is 20.1. The molecule has 9 nitrogen and oxygen atoms in total. The van der Waals surface area contributed by atoms with Crippen LogP contribution in [0.2, 0.25) is 0 Å². The van der Waals surface area contributed by atoms with Gasteiger partial charge in [-0.2, -0.15) is 0 Å². The lowest BCUT2D eigenvalue weighted by atomic mass is 9.93. The average molecular weight is 572 g/mol. The Morgan fingerprint density at radius 2 is 1.90 bits per heavy atom. The molecule has 0 spiro atoms. The molecule has 2 aliphatic heterocycles. The second-order valence-electron chi connectivity index (χ2n) is 9.48. The Bertz CT molecular complexity index is 1780. The van der Waals surface area contributed by atoms with Crippen molar-refractivity contribution in [1.82, 2.24) is 4.57 Å². The Balaban J connectivity index is 1.55. The number of thiazole rings is 1. The number of hydrogen-bond donors (Lipinski definition) is 0. The molecule has 1 fully saturated rings. The molecule has 0 amide bonds. The molecule has 6 rings (SSSR count). The van der Waals surface area contributed by atoms with E-state index in [1.54, 1.807) is 24.7 Å². The molecule has 2 aliphatic rings. The van der Waals surface area contributed by atoms with Crippen LogP contribution in [0, 0.1) is 0 Å². The van der Waals surface area contributed by atoms with Crippen LogP contribution in [0.5, 0.6) is 5.75 Å². The number of hydrogen-bond acceptors (Lipinski definition) is 9. The van der Waals surface area contributed by atoms with Crippen LogP contribution in [0.3, 0.4) is 0 Å². The number of ether oxygens (including phenoxy) is 3. The molecule has 210 valence electrons. The fraction of sp³-hybridized carbons (Fsp3) is 0.258. The van der Waals surface area contributed by atoms with Crippen LogP contribution in [0.1, 0.15) is 29.9 Å². The second-order valence-corrected chi connectivity index (χ2v) is 10.5. The van der Waals surface area contributed by atoms with Crippen molar-refractivity contribution in [1.29, 1.82) is 0 Å². The predicted molar refractivity (Wildman–Crippen MR) is 156 cm³/mol. The van der Waals surface area contributed by atoms with Crippen LogP contribution in [-0.4, -0.2) is 50.6 Å². The smallest absolute Gasteiger partial charge is 0.338 e. The van der Waals surface area contributed by atoms with Gasteiger partial charge < -0.3 is 23.5 Å². The van der Waals surface area contributed by atoms with E-state index in [9.17, 15) is 9.59 Å². The third-order valence-electron chi connectivity index (χ3n) is 6.99. The average Bonchev–Trinajstić information content (AvgIpc) is 3.61. The Morgan fingerprint density at radius 1 is 1.10 bits per heavy atom. The predicted octanol–water partition coefficient (Wildman–Crippen LogP) is 3.37. The SMILES string of the molecule is CCOC(=O)C1=C(c2ccccc2)N=c2sc(=Cc3ccc(N4CCOCC4)o3)c(=O)n2C1c1cccc(OC)c1. The third-order valence-corrected chi connectivity index (χ3v) is 7.97. The van der Waals surface area contributed by atoms with Gasteiger partial charge >= 0.3 is 5.97 Å². The largest absolute Gasteiger partial charge is 0.497 e. The molecule has 0 radical (unpaired) electrons. The molecule has 0 saturated carbocycles. The summed E-state index contributed by atoms with van der Waals surface area (Å²) < 4.78 is 24.5. The number of furan rings is 1. The summed E-state index contributed by atoms with van der Waals surface area (Å²) in [4.78, 5) is 35.1. The number of anilines is 1. The molecule has 10 heteroatoms. The number of rotatable bonds is 7. The number of esters is 1. The van der Waals surface area contributed by atoms with Crippen molar-refractivity contribution in [2.75, 3.05) is 44.9 Å². The number of nitrogens with zero attached hydrogens (tertiary/aromatic N) is 3. The molecular weight excluding hydrogens is 542 g/mol. The molecule has 0 aliphatic carbocycles. The Morgan fingerprint density at radius 3 is 2.66 bits per heavy atom. The van der Waals surface area contributed by atoms with Gasteiger partial charge in [0.05, 0.1) is 48.8 Å². The normalized spacial score (nSPS) is 17.3. The maximum atomic E-state index is 14.0. The minimum absolute atomic E-state index is 0.184. The summed E-state index contributed by atoms with van der Waals surface area (Å²) in [5, 5.41) is 0. The number of morpholine rings is 1. The molecule has 4 aromatic rings. The minimum atomic E-state index is -0.779. The highest BCUT2D eigenvalue weighted by atomic mass is 32.1. The van der Waals surface area contributed by atoms with E-state index in [1.165, 1.54) is 11.3 Å². The number of benzene rings is 2. The Labute approximate surface area is 240 Å². The zero-order chi connectivity index (χ0) is 28.3. The van der Waals surface area contributed by atoms with Crippen LogP contribution < -0.4 is 24.5 Å². The van der Waals surface area contributed by atoms with Gasteiger partial charge in [0.25, 0.3) is 5.56 Å². The molecule has 2 aromatic heterocycles. The van der Waals surface area contributed by atoms with Gasteiger partial charge in [-0.3, -0.25) is 9.36 Å². The van der Waals surface area contributed by atoms with Gasteiger partial charge in [0, 0.05) is 30.8 Å². The highest BCUT2D eigenvalue weighted by Crippen LogP contribution is 2.36. The number of aromatic nitrogens is 1. The molecule has 1 atom stereocenters. The van der Waals surface area contributed by atoms with Crippen molar-refractivity contribution < 1.29 is 23.4 Å². The summed E-state index contributed by atoms with van der Waals surface area (Å²) in [6.07, 6.45) is 1.73. The topological polar surface area (TPSA) is 95.5 Å². The zero-order valence-corrected chi connectivity index (χ0v) is 23.6. The maximum absolute atomic E-state index is 14.0. The Kier molecular flexibility index (Phi) is 7.58. The molecule has 4 heterocycles. The van der Waals surface area contributed by atoms with E-state index >= 15 is 0 Å². The minimum Gasteiger partial charge on any atom is -0.497 e. The van der Waals surface area contributed by atoms with Gasteiger partial charge in [-0.1, -0.05) is 53.8 Å². The van der Waals surface area contributed by atoms with Gasteiger partial charge in [0.15, 0.2) is 10.7 Å². The van der Waals surface area contributed by atoms with Crippen molar-refractivity contribution in [2.24, 2.45) is 4.99 Å². The summed E-state index contributed by atoms with van der Waals surface area (Å²) in [5.74, 6) is 1.37. The first kappa shape index (κ1) is 26.8. The molecule has 0 N–H and O–H groups in total. The van der Waals surface area contributed by atoms with Crippen LogP contribution in [0.15, 0.2) is 86.5 Å². The number of fused-ring (bicyclic) bond motifs is 1. The second kappa shape index (κ2) is 11.6. The quantitative estimate of drug-likeness (QED) is 0.314. The fourth-order valence-corrected chi connectivity index (χ4v) is 6.05. The van der Waals surface area contributed by atoms with E-state index in [-0.39, 0.29) is 17.7 Å². The molecule has 2 aromatic carbocycles. The van der Waals surface area contributed by atoms with Gasteiger partial charge in [0.2, 0.25) is 0 Å². The van der Waals surface area contributed by atoms with E-state index in [1.807, 2.05) is 66.7 Å². The van der Waals surface area contributed by atoms with E-state index in [0.717, 1.165) is 24.5 Å². The van der Waals surface area contributed by atoms with E-state index < -0.39 is 12.0 Å². The highest BCUT2D eigenvalue weighted by Gasteiger charge is 2.35. The van der Waals surface area contributed by atoms with E-state index in [4.69, 9.17) is 23.6 Å². The van der Waals surface area contributed by atoms with E-state index in [2.05, 4.69) is 4.90 Å². The monoisotopic (exact) mass is 571 g/mol. The lowest BCUT2D eigenvalue weighted by Gasteiger charge is -2.26. The van der Waals surface area contributed by atoms with Crippen LogP contribution in [0.4, 0.5) is 5.88 Å². The van der Waals surface area contributed by atoms with Crippen molar-refractivity contribution in [3.63, 3.8) is 0 Å². The van der Waals surface area contributed by atoms with Crippen LogP contribution >= 0.6 is 11.3 Å². The van der Waals surface area contributed by atoms with Crippen molar-refractivity contribution in [2.45, 2.75) is 13.0 Å². The summed E-state index contributed by atoms with van der Waals surface area (Å²) in [7, 11) is 1.58. The number of carbonyl (C=O) groups excluding carboxylic acids is 1. The summed E-state index contributed by atoms with van der Waals surface area (Å²) >= 11 is 1.25. The lowest BCUT2D eigenvalue weighted by Crippen LogP contribution is -2.40. The van der Waals surface area contributed by atoms with Gasteiger partial charge in [0.1, 0.15) is 11.5 Å². The molecular formula is C31H29N3O6S. The van der Waals surface area contributed by atoms with E-state index in [0.29, 0.717) is 45.3 Å². The molecule has 1 saturated heterocycles. The van der Waals surface area contributed by atoms with Gasteiger partial charge in [-0.15, -0.1) is 0 Å². The molecule has 41 heavy (non-hydrogen) atoms. The van der Waals surface area contributed by atoms with Crippen molar-refractivity contribution in [3.8, 4) is 5.75 Å². The third kappa shape index (κ3) is 5.23. The summed E-state index contributed by atoms with van der Waals surface area (Å²) in [6, 6.07) is 19.8. The maximum Gasteiger partial charge on any atom is 0.338 e. The Hall–Kier alpha value is -4.41. The number of carbonyl (C=O) groups is 1. The molecule has 0 bridgehead atoms. The van der Waals surface area contributed by atoms with Crippen LogP contribution in [-0.2, 0) is 14.3 Å². The lowest BCUT2D eigenvalue weighted by molar-refractivity contribution is -0.138. The van der Waals surface area contributed by atoms with Crippen molar-refractivity contribution in [3.05, 3.63) is 109 Å². The summed E-state index contributed by atoms with van der Waals surface area (Å²) in [5.41, 5.74) is 1.94. The standard InChI is InChI=1S/C31H29N3O6S/c1-3-39-30(36)26-27(20-8-5-4-6-9-20)32-31-34(28(26)21-10-7-11-22(18-21)37-2)29(35)24(41-31)19-23-12-13-25(40-23)33-14-16-38-17-15-33/h4-13,18-19,28H,3,14-17H2,1-2H3. The summed E-state index contributed by atoms with van der Waals surface area (Å²) in [6.45, 7) is 4.72. The van der Waals surface area contributed by atoms with Crippen molar-refractivity contribution >= 4 is 35.0 Å². The van der Waals surface area contributed by atoms with Gasteiger partial charge in [-0.05, 0) is 30.7 Å². The first-order valence-electron chi connectivity index (χ1n) is 13.4. The highest BCUT2D eigenvalue weighted by molar-refractivity contribution is 7.07. The molecule has 1 unspecified atom stereocenters. The zero-order valence-electron chi connectivity index (χ0n) is 22.7. The fourth-order valence-electron chi connectivity index (χ4n) is 5.07. The number of methoxy groups -OCH3 is 1. The first-order valence-corrected chi connectivity index (χ1v) is 14.2. The van der Waals surface area contributed by atoms with Gasteiger partial charge in [-0.25, -0.2) is 9.79 Å².